The molecule has 0 N–H and O–H groups in total. The average Bonchev–Trinajstić information content (AvgIpc) is 2.47. The van der Waals surface area contributed by atoms with Gasteiger partial charge in [0, 0.05) is 0 Å². The average molecular weight is 367 g/mol. The molecule has 0 unspecified atom stereocenters. The Morgan fingerprint density at radius 3 is 1.84 bits per heavy atom. The quantitative estimate of drug-likeness (QED) is 0.714. The normalized spacial score (nSPS) is 10.2. The zero-order valence-corrected chi connectivity index (χ0v) is 13.3. The summed E-state index contributed by atoms with van der Waals surface area (Å²) >= 11 is -0.629. The van der Waals surface area contributed by atoms with E-state index in [2.05, 4.69) is 6.92 Å². The molecule has 2 aromatic carbocycles. The van der Waals surface area contributed by atoms with E-state index in [4.69, 9.17) is 0 Å². The molecule has 0 aliphatic rings. The number of carbonyl (C=O) groups is 1. The van der Waals surface area contributed by atoms with Crippen LogP contribution in [0.2, 0.25) is 4.47 Å². The first-order chi connectivity index (χ1) is 9.33. The molecule has 0 saturated heterocycles. The van der Waals surface area contributed by atoms with E-state index in [1.54, 1.807) is 0 Å². The molecule has 2 nitrogen and oxygen atoms in total. The van der Waals surface area contributed by atoms with Gasteiger partial charge in [0.05, 0.1) is 0 Å². The van der Waals surface area contributed by atoms with Gasteiger partial charge >= 0.3 is 124 Å². The molecule has 19 heavy (non-hydrogen) atoms. The Bertz CT molecular complexity index is 473. The molecular formula is C16H17NOTe. The predicted octanol–water partition coefficient (Wildman–Crippen LogP) is 4.48. The van der Waals surface area contributed by atoms with Crippen LogP contribution in [0.25, 0.3) is 0 Å². The zero-order chi connectivity index (χ0) is 13.5. The van der Waals surface area contributed by atoms with Crippen molar-refractivity contribution in [1.29, 1.82) is 0 Å². The van der Waals surface area contributed by atoms with E-state index in [1.165, 1.54) is 0 Å². The van der Waals surface area contributed by atoms with Crippen molar-refractivity contribution in [2.75, 3.05) is 4.90 Å². The summed E-state index contributed by atoms with van der Waals surface area (Å²) in [5.74, 6) is 0. The molecule has 0 fully saturated rings. The minimum absolute atomic E-state index is 0.282. The summed E-state index contributed by atoms with van der Waals surface area (Å²) in [6, 6.07) is 19.8. The Hall–Kier alpha value is -1.30. The predicted molar refractivity (Wildman–Crippen MR) is 81.3 cm³/mol. The number of nitrogens with zero attached hydrogens (tertiary/aromatic N) is 1. The van der Waals surface area contributed by atoms with Crippen molar-refractivity contribution in [3.8, 4) is 0 Å². The van der Waals surface area contributed by atoms with Gasteiger partial charge in [0.1, 0.15) is 0 Å². The van der Waals surface area contributed by atoms with E-state index in [1.807, 2.05) is 65.6 Å². The third-order valence-corrected chi connectivity index (χ3v) is 5.61. The Kier molecular flexibility index (Phi) is 5.44. The molecule has 0 heterocycles. The minimum atomic E-state index is -0.629. The molecule has 98 valence electrons. The molecule has 0 spiro atoms. The fraction of sp³-hybridized carbons (Fsp3) is 0.188. The van der Waals surface area contributed by atoms with Crippen molar-refractivity contribution in [1.82, 2.24) is 0 Å². The third kappa shape index (κ3) is 3.83. The third-order valence-electron chi connectivity index (χ3n) is 2.64. The van der Waals surface area contributed by atoms with Crippen LogP contribution in [0.3, 0.4) is 0 Å². The first kappa shape index (κ1) is 14.1. The van der Waals surface area contributed by atoms with Crippen LogP contribution in [-0.4, -0.2) is 24.9 Å². The molecule has 0 atom stereocenters. The standard InChI is InChI=1S/C16H17NOTe/c1-2-13-19-16(18)17(14-9-5-3-6-10-14)15-11-7-4-8-12-15/h3-12H,2,13H2,1H3. The van der Waals surface area contributed by atoms with Gasteiger partial charge in [-0.05, 0) is 0 Å². The fourth-order valence-corrected chi connectivity index (χ4v) is 3.82. The molecule has 2 rings (SSSR count). The summed E-state index contributed by atoms with van der Waals surface area (Å²) in [4.78, 5) is 14.3. The van der Waals surface area contributed by atoms with E-state index < -0.39 is 20.9 Å². The van der Waals surface area contributed by atoms with Crippen molar-refractivity contribution < 1.29 is 4.79 Å². The molecule has 1 amide bonds. The SMILES string of the molecule is CCC[Te]C(=O)N(c1ccccc1)c1ccccc1. The molecule has 2 aromatic rings. The number of para-hydroxylation sites is 2. The van der Waals surface area contributed by atoms with Gasteiger partial charge in [0.2, 0.25) is 0 Å². The van der Waals surface area contributed by atoms with E-state index in [0.717, 1.165) is 22.3 Å². The molecular weight excluding hydrogens is 350 g/mol. The molecule has 0 saturated carbocycles. The summed E-state index contributed by atoms with van der Waals surface area (Å²) in [5, 5.41) is 0. The van der Waals surface area contributed by atoms with E-state index in [9.17, 15) is 4.79 Å². The van der Waals surface area contributed by atoms with Gasteiger partial charge in [-0.1, -0.05) is 0 Å². The summed E-state index contributed by atoms with van der Waals surface area (Å²) < 4.78 is 1.34. The Labute approximate surface area is 124 Å². The first-order valence-electron chi connectivity index (χ1n) is 6.40. The molecule has 3 heteroatoms. The molecule has 0 aliphatic heterocycles. The molecule has 0 aliphatic carbocycles. The zero-order valence-electron chi connectivity index (χ0n) is 11.0. The van der Waals surface area contributed by atoms with Gasteiger partial charge in [-0.25, -0.2) is 0 Å². The van der Waals surface area contributed by atoms with Crippen LogP contribution in [0.15, 0.2) is 60.7 Å². The number of anilines is 2. The van der Waals surface area contributed by atoms with Crippen molar-refractivity contribution >= 4 is 36.3 Å². The van der Waals surface area contributed by atoms with Crippen molar-refractivity contribution in [2.24, 2.45) is 0 Å². The monoisotopic (exact) mass is 369 g/mol. The van der Waals surface area contributed by atoms with Crippen LogP contribution in [0.1, 0.15) is 13.3 Å². The second-order valence-corrected chi connectivity index (χ2v) is 7.11. The maximum absolute atomic E-state index is 12.5. The number of hydrogen-bond acceptors (Lipinski definition) is 1. The van der Waals surface area contributed by atoms with Gasteiger partial charge in [0.15, 0.2) is 0 Å². The Morgan fingerprint density at radius 1 is 0.947 bits per heavy atom. The number of hydrogen-bond donors (Lipinski definition) is 0. The number of amides is 1. The van der Waals surface area contributed by atoms with Crippen molar-refractivity contribution in [3.63, 3.8) is 0 Å². The summed E-state index contributed by atoms with van der Waals surface area (Å²) in [6.45, 7) is 2.13. The van der Waals surface area contributed by atoms with E-state index in [0.29, 0.717) is 0 Å². The Balaban J connectivity index is 2.31. The van der Waals surface area contributed by atoms with E-state index in [-0.39, 0.29) is 3.96 Å². The van der Waals surface area contributed by atoms with Crippen LogP contribution < -0.4 is 4.90 Å². The fourth-order valence-electron chi connectivity index (χ4n) is 1.77. The van der Waals surface area contributed by atoms with Gasteiger partial charge in [-0.15, -0.1) is 0 Å². The van der Waals surface area contributed by atoms with Crippen LogP contribution >= 0.6 is 0 Å². The number of benzene rings is 2. The van der Waals surface area contributed by atoms with Gasteiger partial charge in [-0.2, -0.15) is 0 Å². The number of rotatable bonds is 5. The topological polar surface area (TPSA) is 20.3 Å². The van der Waals surface area contributed by atoms with Crippen LogP contribution in [0.5, 0.6) is 0 Å². The van der Waals surface area contributed by atoms with Gasteiger partial charge in [-0.3, -0.25) is 0 Å². The van der Waals surface area contributed by atoms with E-state index >= 15 is 0 Å². The summed E-state index contributed by atoms with van der Waals surface area (Å²) in [5.41, 5.74) is 1.92. The molecule has 0 aromatic heterocycles. The maximum atomic E-state index is 12.5. The Morgan fingerprint density at radius 2 is 1.42 bits per heavy atom. The second kappa shape index (κ2) is 7.33. The van der Waals surface area contributed by atoms with Gasteiger partial charge in [0.25, 0.3) is 0 Å². The first-order valence-corrected chi connectivity index (χ1v) is 9.21. The van der Waals surface area contributed by atoms with Crippen molar-refractivity contribution in [3.05, 3.63) is 60.7 Å². The van der Waals surface area contributed by atoms with Crippen LogP contribution in [0.4, 0.5) is 16.2 Å². The summed E-state index contributed by atoms with van der Waals surface area (Å²) in [7, 11) is 0. The second-order valence-electron chi connectivity index (χ2n) is 4.12. The van der Waals surface area contributed by atoms with Crippen molar-refractivity contribution in [2.45, 2.75) is 17.8 Å². The van der Waals surface area contributed by atoms with Gasteiger partial charge < -0.3 is 0 Å². The number of carbonyl (C=O) groups excluding carboxylic acids is 1. The van der Waals surface area contributed by atoms with Crippen LogP contribution in [0, 0.1) is 0 Å². The van der Waals surface area contributed by atoms with Crippen LogP contribution in [-0.2, 0) is 0 Å². The summed E-state index contributed by atoms with van der Waals surface area (Å²) in [6.07, 6.45) is 1.09. The molecule has 0 bridgehead atoms. The molecule has 0 radical (unpaired) electrons.